The highest BCUT2D eigenvalue weighted by atomic mass is 35.5. The van der Waals surface area contributed by atoms with E-state index in [4.69, 9.17) is 11.6 Å². The number of benzene rings is 1. The van der Waals surface area contributed by atoms with Crippen LogP contribution in [-0.4, -0.2) is 29.2 Å². The van der Waals surface area contributed by atoms with Gasteiger partial charge in [0.05, 0.1) is 10.6 Å². The van der Waals surface area contributed by atoms with Gasteiger partial charge < -0.3 is 10.2 Å². The molecule has 1 amide bonds. The van der Waals surface area contributed by atoms with E-state index < -0.39 is 11.7 Å². The molecule has 1 aromatic heterocycles. The number of halogens is 2. The van der Waals surface area contributed by atoms with Crippen molar-refractivity contribution >= 4 is 29.1 Å². The minimum atomic E-state index is -0.672. The Balaban J connectivity index is 1.71. The van der Waals surface area contributed by atoms with E-state index in [0.717, 1.165) is 31.7 Å². The third-order valence-electron chi connectivity index (χ3n) is 4.01. The van der Waals surface area contributed by atoms with Gasteiger partial charge in [0.2, 0.25) is 0 Å². The van der Waals surface area contributed by atoms with E-state index in [-0.39, 0.29) is 16.4 Å². The first kappa shape index (κ1) is 16.6. The molecule has 0 spiro atoms. The molecule has 0 atom stereocenters. The molecule has 0 radical (unpaired) electrons. The molecule has 0 unspecified atom stereocenters. The minimum absolute atomic E-state index is 0.0571. The zero-order valence-corrected chi connectivity index (χ0v) is 13.9. The van der Waals surface area contributed by atoms with Crippen molar-refractivity contribution in [3.8, 4) is 0 Å². The van der Waals surface area contributed by atoms with Gasteiger partial charge in [0.1, 0.15) is 5.82 Å². The summed E-state index contributed by atoms with van der Waals surface area (Å²) in [5, 5.41) is 10.8. The lowest BCUT2D eigenvalue weighted by Crippen LogP contribution is -2.25. The highest BCUT2D eigenvalue weighted by Crippen LogP contribution is 2.21. The van der Waals surface area contributed by atoms with Crippen LogP contribution >= 0.6 is 11.6 Å². The Bertz CT molecular complexity index is 695. The Morgan fingerprint density at radius 2 is 1.83 bits per heavy atom. The largest absolute Gasteiger partial charge is 0.355 e. The number of nitrogens with zero attached hydrogens (tertiary/aromatic N) is 3. The number of carbonyl (C=O) groups excluding carboxylic acids is 1. The van der Waals surface area contributed by atoms with E-state index in [2.05, 4.69) is 20.4 Å². The minimum Gasteiger partial charge on any atom is -0.355 e. The molecule has 0 bridgehead atoms. The van der Waals surface area contributed by atoms with Crippen molar-refractivity contribution in [1.29, 1.82) is 0 Å². The molecule has 7 heteroatoms. The van der Waals surface area contributed by atoms with E-state index in [1.807, 2.05) is 6.07 Å². The second kappa shape index (κ2) is 7.57. The van der Waals surface area contributed by atoms with E-state index in [0.29, 0.717) is 0 Å². The quantitative estimate of drug-likeness (QED) is 0.913. The molecule has 2 aromatic rings. The van der Waals surface area contributed by atoms with Crippen molar-refractivity contribution in [3.63, 3.8) is 0 Å². The number of anilines is 2. The van der Waals surface area contributed by atoms with Crippen LogP contribution in [0.2, 0.25) is 5.02 Å². The predicted octanol–water partition coefficient (Wildman–Crippen LogP) is 3.90. The summed E-state index contributed by atoms with van der Waals surface area (Å²) < 4.78 is 13.8. The highest BCUT2D eigenvalue weighted by molar-refractivity contribution is 6.34. The van der Waals surface area contributed by atoms with E-state index >= 15 is 0 Å². The van der Waals surface area contributed by atoms with E-state index in [1.54, 1.807) is 6.07 Å². The third kappa shape index (κ3) is 3.82. The summed E-state index contributed by atoms with van der Waals surface area (Å²) in [6.07, 6.45) is 4.76. The van der Waals surface area contributed by atoms with Crippen LogP contribution < -0.4 is 10.2 Å². The summed E-state index contributed by atoms with van der Waals surface area (Å²) in [6, 6.07) is 7.59. The molecule has 1 N–H and O–H groups in total. The Morgan fingerprint density at radius 3 is 2.46 bits per heavy atom. The van der Waals surface area contributed by atoms with E-state index in [1.165, 1.54) is 31.0 Å². The third-order valence-corrected chi connectivity index (χ3v) is 4.33. The number of hydrogen-bond donors (Lipinski definition) is 1. The van der Waals surface area contributed by atoms with Crippen LogP contribution in [0.4, 0.5) is 16.0 Å². The standard InChI is InChI=1S/C17H18ClFN4O/c18-12-6-5-7-13(19)16(12)17(24)20-14-8-9-15(22-21-14)23-10-3-1-2-4-11-23/h5-9H,1-4,10-11H2,(H,20,21,24). The summed E-state index contributed by atoms with van der Waals surface area (Å²) in [5.74, 6) is -0.263. The van der Waals surface area contributed by atoms with Crippen LogP contribution in [0.5, 0.6) is 0 Å². The molecule has 0 aliphatic carbocycles. The maximum Gasteiger partial charge on any atom is 0.261 e. The smallest absolute Gasteiger partial charge is 0.261 e. The summed E-state index contributed by atoms with van der Waals surface area (Å²) in [6.45, 7) is 1.93. The van der Waals surface area contributed by atoms with Crippen molar-refractivity contribution in [2.45, 2.75) is 25.7 Å². The first-order chi connectivity index (χ1) is 11.6. The fraction of sp³-hybridized carbons (Fsp3) is 0.353. The Hall–Kier alpha value is -2.21. The highest BCUT2D eigenvalue weighted by Gasteiger charge is 2.17. The average molecular weight is 349 g/mol. The van der Waals surface area contributed by atoms with Gasteiger partial charge in [0.25, 0.3) is 5.91 Å². The first-order valence-electron chi connectivity index (χ1n) is 7.99. The fourth-order valence-corrected chi connectivity index (χ4v) is 3.00. The van der Waals surface area contributed by atoms with Gasteiger partial charge in [-0.3, -0.25) is 4.79 Å². The van der Waals surface area contributed by atoms with Gasteiger partial charge in [-0.25, -0.2) is 4.39 Å². The molecule has 1 aliphatic heterocycles. The Kier molecular flexibility index (Phi) is 5.25. The van der Waals surface area contributed by atoms with Gasteiger partial charge in [-0.15, -0.1) is 10.2 Å². The average Bonchev–Trinajstić information content (AvgIpc) is 2.85. The number of aromatic nitrogens is 2. The number of nitrogens with one attached hydrogen (secondary N) is 1. The molecular formula is C17H18ClFN4O. The van der Waals surface area contributed by atoms with Crippen molar-refractivity contribution < 1.29 is 9.18 Å². The zero-order valence-electron chi connectivity index (χ0n) is 13.1. The summed E-state index contributed by atoms with van der Waals surface area (Å²) in [4.78, 5) is 14.4. The van der Waals surface area contributed by atoms with Gasteiger partial charge in [-0.1, -0.05) is 30.5 Å². The van der Waals surface area contributed by atoms with Gasteiger partial charge in [-0.2, -0.15) is 0 Å². The Labute approximate surface area is 144 Å². The van der Waals surface area contributed by atoms with Crippen molar-refractivity contribution in [2.75, 3.05) is 23.3 Å². The lowest BCUT2D eigenvalue weighted by Gasteiger charge is -2.20. The van der Waals surface area contributed by atoms with Crippen LogP contribution in [0.1, 0.15) is 36.0 Å². The number of hydrogen-bond acceptors (Lipinski definition) is 4. The van der Waals surface area contributed by atoms with Crippen molar-refractivity contribution in [2.24, 2.45) is 0 Å². The number of rotatable bonds is 3. The summed E-state index contributed by atoms with van der Waals surface area (Å²) in [5.41, 5.74) is -0.197. The zero-order chi connectivity index (χ0) is 16.9. The maximum absolute atomic E-state index is 13.8. The Morgan fingerprint density at radius 1 is 1.08 bits per heavy atom. The summed E-state index contributed by atoms with van der Waals surface area (Å²) >= 11 is 5.89. The summed E-state index contributed by atoms with van der Waals surface area (Å²) in [7, 11) is 0. The number of carbonyl (C=O) groups is 1. The van der Waals surface area contributed by atoms with Crippen LogP contribution in [0.15, 0.2) is 30.3 Å². The lowest BCUT2D eigenvalue weighted by molar-refractivity contribution is 0.102. The topological polar surface area (TPSA) is 58.1 Å². The monoisotopic (exact) mass is 348 g/mol. The number of amides is 1. The molecule has 2 heterocycles. The van der Waals surface area contributed by atoms with Crippen LogP contribution in [0.25, 0.3) is 0 Å². The molecule has 24 heavy (non-hydrogen) atoms. The molecule has 1 aliphatic rings. The second-order valence-corrected chi connectivity index (χ2v) is 6.14. The SMILES string of the molecule is O=C(Nc1ccc(N2CCCCCC2)nn1)c1c(F)cccc1Cl. The van der Waals surface area contributed by atoms with Gasteiger partial charge in [0, 0.05) is 13.1 Å². The molecule has 5 nitrogen and oxygen atoms in total. The second-order valence-electron chi connectivity index (χ2n) is 5.73. The van der Waals surface area contributed by atoms with Crippen LogP contribution in [-0.2, 0) is 0 Å². The fourth-order valence-electron chi connectivity index (χ4n) is 2.75. The normalized spacial score (nSPS) is 15.0. The molecule has 3 rings (SSSR count). The molecule has 1 saturated heterocycles. The van der Waals surface area contributed by atoms with E-state index in [9.17, 15) is 9.18 Å². The molecule has 1 aromatic carbocycles. The molecular weight excluding hydrogens is 331 g/mol. The maximum atomic E-state index is 13.8. The van der Waals surface area contributed by atoms with Crippen LogP contribution in [0, 0.1) is 5.82 Å². The first-order valence-corrected chi connectivity index (χ1v) is 8.37. The molecule has 126 valence electrons. The predicted molar refractivity (Wildman–Crippen MR) is 92.1 cm³/mol. The lowest BCUT2D eigenvalue weighted by atomic mass is 10.2. The van der Waals surface area contributed by atoms with Gasteiger partial charge in [-0.05, 0) is 37.1 Å². The molecule has 0 saturated carbocycles. The van der Waals surface area contributed by atoms with Crippen molar-refractivity contribution in [1.82, 2.24) is 10.2 Å². The van der Waals surface area contributed by atoms with Gasteiger partial charge >= 0.3 is 0 Å². The molecule has 1 fully saturated rings. The van der Waals surface area contributed by atoms with Crippen molar-refractivity contribution in [3.05, 3.63) is 46.7 Å². The van der Waals surface area contributed by atoms with Gasteiger partial charge in [0.15, 0.2) is 11.6 Å². The van der Waals surface area contributed by atoms with Crippen LogP contribution in [0.3, 0.4) is 0 Å².